The first kappa shape index (κ1) is 18.2. The van der Waals surface area contributed by atoms with Crippen LogP contribution in [0.3, 0.4) is 0 Å². The monoisotopic (exact) mass is 365 g/mol. The Morgan fingerprint density at radius 2 is 1.78 bits per heavy atom. The quantitative estimate of drug-likeness (QED) is 0.680. The molecule has 0 aliphatic heterocycles. The standard InChI is InChI=1S/C20H19N3O4/c1-3-27-16-11-9-14(10-12-16)21-13(2)17-18(24)22-20(26)23(19(17)25)15-7-5-4-6-8-15/h4-12,25H,3H2,1-2H3,(H,22,24,26). The zero-order chi connectivity index (χ0) is 19.4. The second kappa shape index (κ2) is 7.74. The Kier molecular flexibility index (Phi) is 5.21. The van der Waals surface area contributed by atoms with Gasteiger partial charge in [-0.15, -0.1) is 0 Å². The Morgan fingerprint density at radius 3 is 2.41 bits per heavy atom. The van der Waals surface area contributed by atoms with Crippen LogP contribution in [0.1, 0.15) is 19.4 Å². The number of aromatic nitrogens is 2. The third kappa shape index (κ3) is 3.82. The first-order valence-corrected chi connectivity index (χ1v) is 8.43. The molecule has 0 spiro atoms. The van der Waals surface area contributed by atoms with E-state index in [4.69, 9.17) is 4.74 Å². The second-order valence-electron chi connectivity index (χ2n) is 5.75. The molecule has 3 aromatic rings. The Bertz CT molecular complexity index is 1080. The Balaban J connectivity index is 2.08. The first-order chi connectivity index (χ1) is 13.0. The van der Waals surface area contributed by atoms with Gasteiger partial charge in [-0.3, -0.25) is 14.8 Å². The van der Waals surface area contributed by atoms with Gasteiger partial charge in [0.15, 0.2) is 0 Å². The summed E-state index contributed by atoms with van der Waals surface area (Å²) in [6.45, 7) is 4.05. The normalized spacial score (nSPS) is 11.4. The largest absolute Gasteiger partial charge is 0.494 e. The summed E-state index contributed by atoms with van der Waals surface area (Å²) in [4.78, 5) is 31.1. The summed E-state index contributed by atoms with van der Waals surface area (Å²) >= 11 is 0. The van der Waals surface area contributed by atoms with Gasteiger partial charge in [-0.1, -0.05) is 18.2 Å². The summed E-state index contributed by atoms with van der Waals surface area (Å²) in [5.41, 5.74) is -0.174. The number of aromatic hydroxyl groups is 1. The predicted octanol–water partition coefficient (Wildman–Crippen LogP) is 2.77. The summed E-state index contributed by atoms with van der Waals surface area (Å²) in [6.07, 6.45) is 0. The molecule has 2 N–H and O–H groups in total. The van der Waals surface area contributed by atoms with Crippen LogP contribution in [-0.4, -0.2) is 27.0 Å². The molecule has 7 nitrogen and oxygen atoms in total. The minimum Gasteiger partial charge on any atom is -0.494 e. The van der Waals surface area contributed by atoms with Crippen molar-refractivity contribution in [3.63, 3.8) is 0 Å². The first-order valence-electron chi connectivity index (χ1n) is 8.43. The number of benzene rings is 2. The molecule has 0 bridgehead atoms. The zero-order valence-electron chi connectivity index (χ0n) is 15.0. The maximum atomic E-state index is 12.3. The average Bonchev–Trinajstić information content (AvgIpc) is 2.64. The van der Waals surface area contributed by atoms with Crippen molar-refractivity contribution in [3.8, 4) is 17.3 Å². The average molecular weight is 365 g/mol. The fraction of sp³-hybridized carbons (Fsp3) is 0.150. The van der Waals surface area contributed by atoms with E-state index in [1.165, 1.54) is 0 Å². The van der Waals surface area contributed by atoms with Gasteiger partial charge >= 0.3 is 5.69 Å². The number of nitrogens with zero attached hydrogens (tertiary/aromatic N) is 2. The smallest absolute Gasteiger partial charge is 0.335 e. The summed E-state index contributed by atoms with van der Waals surface area (Å²) in [6, 6.07) is 15.6. The van der Waals surface area contributed by atoms with Crippen LogP contribution >= 0.6 is 0 Å². The van der Waals surface area contributed by atoms with E-state index in [1.807, 2.05) is 6.92 Å². The molecule has 2 aromatic carbocycles. The zero-order valence-corrected chi connectivity index (χ0v) is 15.0. The van der Waals surface area contributed by atoms with Crippen molar-refractivity contribution in [2.24, 2.45) is 4.99 Å². The Morgan fingerprint density at radius 1 is 1.11 bits per heavy atom. The number of nitrogens with one attached hydrogen (secondary N) is 1. The molecular weight excluding hydrogens is 346 g/mol. The minimum absolute atomic E-state index is 0.0627. The third-order valence-electron chi connectivity index (χ3n) is 3.91. The summed E-state index contributed by atoms with van der Waals surface area (Å²) in [5, 5.41) is 10.6. The van der Waals surface area contributed by atoms with Gasteiger partial charge in [-0.25, -0.2) is 9.36 Å². The van der Waals surface area contributed by atoms with E-state index in [1.54, 1.807) is 61.5 Å². The number of aliphatic imine (C=N–C) groups is 1. The van der Waals surface area contributed by atoms with Gasteiger partial charge in [-0.2, -0.15) is 0 Å². The van der Waals surface area contributed by atoms with Gasteiger partial charge in [0.25, 0.3) is 5.56 Å². The van der Waals surface area contributed by atoms with Crippen LogP contribution in [0.5, 0.6) is 11.6 Å². The number of aromatic amines is 1. The van der Waals surface area contributed by atoms with Crippen molar-refractivity contribution in [2.45, 2.75) is 13.8 Å². The van der Waals surface area contributed by atoms with Gasteiger partial charge in [0.2, 0.25) is 5.88 Å². The molecule has 1 aromatic heterocycles. The van der Waals surface area contributed by atoms with E-state index >= 15 is 0 Å². The second-order valence-corrected chi connectivity index (χ2v) is 5.75. The molecule has 0 fully saturated rings. The van der Waals surface area contributed by atoms with Crippen molar-refractivity contribution in [1.82, 2.24) is 9.55 Å². The molecule has 0 saturated heterocycles. The van der Waals surface area contributed by atoms with Crippen LogP contribution < -0.4 is 16.0 Å². The van der Waals surface area contributed by atoms with E-state index < -0.39 is 17.1 Å². The summed E-state index contributed by atoms with van der Waals surface area (Å²) in [5.74, 6) is 0.259. The van der Waals surface area contributed by atoms with Crippen LogP contribution in [0.2, 0.25) is 0 Å². The van der Waals surface area contributed by atoms with Gasteiger partial charge < -0.3 is 9.84 Å². The molecule has 7 heteroatoms. The van der Waals surface area contributed by atoms with E-state index in [9.17, 15) is 14.7 Å². The summed E-state index contributed by atoms with van der Waals surface area (Å²) in [7, 11) is 0. The highest BCUT2D eigenvalue weighted by molar-refractivity contribution is 6.01. The molecule has 0 amide bonds. The molecule has 27 heavy (non-hydrogen) atoms. The van der Waals surface area contributed by atoms with Crippen molar-refractivity contribution < 1.29 is 9.84 Å². The van der Waals surface area contributed by atoms with Crippen molar-refractivity contribution >= 4 is 11.4 Å². The lowest BCUT2D eigenvalue weighted by atomic mass is 10.2. The van der Waals surface area contributed by atoms with E-state index in [-0.39, 0.29) is 11.3 Å². The number of ether oxygens (including phenoxy) is 1. The van der Waals surface area contributed by atoms with Crippen LogP contribution in [-0.2, 0) is 0 Å². The number of para-hydroxylation sites is 1. The van der Waals surface area contributed by atoms with Gasteiger partial charge in [0, 0.05) is 0 Å². The lowest BCUT2D eigenvalue weighted by Gasteiger charge is -2.11. The number of hydrogen-bond acceptors (Lipinski definition) is 5. The molecule has 3 rings (SSSR count). The number of hydrogen-bond donors (Lipinski definition) is 2. The highest BCUT2D eigenvalue weighted by Gasteiger charge is 2.17. The van der Waals surface area contributed by atoms with Crippen LogP contribution in [0.4, 0.5) is 5.69 Å². The molecule has 0 saturated carbocycles. The summed E-state index contributed by atoms with van der Waals surface area (Å²) < 4.78 is 6.42. The van der Waals surface area contributed by atoms with Crippen LogP contribution in [0.15, 0.2) is 69.2 Å². The van der Waals surface area contributed by atoms with Crippen molar-refractivity contribution in [1.29, 1.82) is 0 Å². The molecule has 0 atom stereocenters. The van der Waals surface area contributed by atoms with Gasteiger partial charge in [-0.05, 0) is 50.2 Å². The Labute approximate surface area is 155 Å². The van der Waals surface area contributed by atoms with Crippen molar-refractivity contribution in [2.75, 3.05) is 6.61 Å². The lowest BCUT2D eigenvalue weighted by molar-refractivity contribution is 0.340. The highest BCUT2D eigenvalue weighted by Crippen LogP contribution is 2.21. The van der Waals surface area contributed by atoms with E-state index in [2.05, 4.69) is 9.98 Å². The minimum atomic E-state index is -0.721. The SMILES string of the molecule is CCOc1ccc(N=C(C)c2c(O)n(-c3ccccc3)c(=O)[nH]c2=O)cc1. The molecule has 0 unspecified atom stereocenters. The number of rotatable bonds is 5. The molecular formula is C20H19N3O4. The molecule has 0 aliphatic rings. The molecule has 1 heterocycles. The van der Waals surface area contributed by atoms with E-state index in [0.717, 1.165) is 4.57 Å². The molecule has 0 aliphatic carbocycles. The third-order valence-corrected chi connectivity index (χ3v) is 3.91. The fourth-order valence-electron chi connectivity index (χ4n) is 2.70. The fourth-order valence-corrected chi connectivity index (χ4v) is 2.70. The Hall–Kier alpha value is -3.61. The van der Waals surface area contributed by atoms with Crippen LogP contribution in [0.25, 0.3) is 5.69 Å². The topological polar surface area (TPSA) is 96.7 Å². The maximum Gasteiger partial charge on any atom is 0.335 e. The molecule has 0 radical (unpaired) electrons. The molecule has 138 valence electrons. The predicted molar refractivity (Wildman–Crippen MR) is 104 cm³/mol. The van der Waals surface area contributed by atoms with Crippen molar-refractivity contribution in [3.05, 3.63) is 81.0 Å². The highest BCUT2D eigenvalue weighted by atomic mass is 16.5. The van der Waals surface area contributed by atoms with Gasteiger partial charge in [0.1, 0.15) is 11.3 Å². The van der Waals surface area contributed by atoms with Crippen LogP contribution in [0, 0.1) is 0 Å². The van der Waals surface area contributed by atoms with Gasteiger partial charge in [0.05, 0.1) is 23.7 Å². The maximum absolute atomic E-state index is 12.3. The lowest BCUT2D eigenvalue weighted by Crippen LogP contribution is -2.32. The number of H-pyrrole nitrogens is 1. The van der Waals surface area contributed by atoms with E-state index in [0.29, 0.717) is 23.7 Å².